The predicted molar refractivity (Wildman–Crippen MR) is 160 cm³/mol. The minimum absolute atomic E-state index is 0.0299. The number of aromatic nitrogens is 2. The fourth-order valence-electron chi connectivity index (χ4n) is 4.98. The summed E-state index contributed by atoms with van der Waals surface area (Å²) in [6, 6.07) is 8.46. The van der Waals surface area contributed by atoms with E-state index in [9.17, 15) is 19.5 Å². The quantitative estimate of drug-likeness (QED) is 0.157. The van der Waals surface area contributed by atoms with Crippen molar-refractivity contribution in [3.63, 3.8) is 0 Å². The molecule has 13 nitrogen and oxygen atoms in total. The smallest absolute Gasteiger partial charge is 0.320 e. The number of fused-ring (bicyclic) bond motifs is 1. The summed E-state index contributed by atoms with van der Waals surface area (Å²) >= 11 is 0. The Morgan fingerprint density at radius 3 is 2.68 bits per heavy atom. The number of methoxy groups -OCH3 is 1. The molecule has 0 radical (unpaired) electrons. The highest BCUT2D eigenvalue weighted by Gasteiger charge is 2.50. The summed E-state index contributed by atoms with van der Waals surface area (Å²) < 4.78 is 23.1. The number of carbonyl (C=O) groups excluding carboxylic acids is 3. The molecule has 2 aromatic heterocycles. The van der Waals surface area contributed by atoms with Gasteiger partial charge in [-0.05, 0) is 57.6 Å². The van der Waals surface area contributed by atoms with Gasteiger partial charge in [0.1, 0.15) is 47.8 Å². The topological polar surface area (TPSA) is 153 Å². The van der Waals surface area contributed by atoms with Gasteiger partial charge in [-0.25, -0.2) is 4.98 Å². The van der Waals surface area contributed by atoms with Crippen LogP contribution in [0, 0.1) is 5.41 Å². The first-order chi connectivity index (χ1) is 21.2. The fourth-order valence-corrected chi connectivity index (χ4v) is 4.98. The van der Waals surface area contributed by atoms with Crippen LogP contribution in [0.2, 0.25) is 0 Å². The Kier molecular flexibility index (Phi) is 9.57. The van der Waals surface area contributed by atoms with E-state index in [1.54, 1.807) is 41.4 Å². The van der Waals surface area contributed by atoms with Crippen molar-refractivity contribution in [3.8, 4) is 23.0 Å². The summed E-state index contributed by atoms with van der Waals surface area (Å²) in [5, 5.41) is 14.0. The van der Waals surface area contributed by atoms with Crippen LogP contribution in [0.4, 0.5) is 5.82 Å². The molecule has 2 N–H and O–H groups in total. The number of ether oxygens (including phenoxy) is 4. The second kappa shape index (κ2) is 13.5. The SMILES string of the molecule is COc1cc2c(Oc3ccc(NC(=O)C4(C=O)CC4)nc3)ccnc2cc1OCC(O)CN1CCC(OC(=O)CN(C)C)C1. The summed E-state index contributed by atoms with van der Waals surface area (Å²) in [5.74, 6) is 1.53. The lowest BCUT2D eigenvalue weighted by Crippen LogP contribution is -2.35. The third-order valence-corrected chi connectivity index (χ3v) is 7.53. The van der Waals surface area contributed by atoms with Crippen molar-refractivity contribution in [1.82, 2.24) is 19.8 Å². The molecule has 0 spiro atoms. The van der Waals surface area contributed by atoms with E-state index < -0.39 is 11.5 Å². The largest absolute Gasteiger partial charge is 0.493 e. The molecule has 1 amide bonds. The van der Waals surface area contributed by atoms with Crippen molar-refractivity contribution >= 4 is 34.9 Å². The van der Waals surface area contributed by atoms with Gasteiger partial charge in [0, 0.05) is 37.3 Å². The number of likely N-dealkylation sites (tertiary alicyclic amines) is 1. The molecule has 1 aliphatic heterocycles. The number of rotatable bonds is 14. The molecule has 1 aromatic carbocycles. The number of amides is 1. The van der Waals surface area contributed by atoms with E-state index >= 15 is 0 Å². The van der Waals surface area contributed by atoms with Crippen molar-refractivity contribution in [3.05, 3.63) is 42.7 Å². The van der Waals surface area contributed by atoms with Gasteiger partial charge in [0.15, 0.2) is 11.5 Å². The Labute approximate surface area is 255 Å². The Hall–Kier alpha value is -4.33. The van der Waals surface area contributed by atoms with Crippen molar-refractivity contribution < 1.29 is 38.4 Å². The van der Waals surface area contributed by atoms with E-state index in [2.05, 4.69) is 20.2 Å². The van der Waals surface area contributed by atoms with Crippen LogP contribution in [0.15, 0.2) is 42.7 Å². The summed E-state index contributed by atoms with van der Waals surface area (Å²) in [7, 11) is 5.16. The van der Waals surface area contributed by atoms with Gasteiger partial charge in [-0.15, -0.1) is 0 Å². The monoisotopic (exact) mass is 607 g/mol. The zero-order chi connectivity index (χ0) is 31.3. The standard InChI is InChI=1S/C31H37N5O8/c1-35(2)17-29(39)44-22-7-11-36(16-22)15-20(38)18-42-27-13-24-23(12-26(27)41-3)25(6-10-32-24)43-21-4-5-28(33-14-21)34-30(40)31(19-37)8-9-31/h4-6,10,12-14,19-20,22,38H,7-9,11,15-18H2,1-3H3,(H,33,34,40). The Morgan fingerprint density at radius 2 is 2.00 bits per heavy atom. The van der Waals surface area contributed by atoms with Crippen molar-refractivity contribution in [2.75, 3.05) is 59.3 Å². The van der Waals surface area contributed by atoms with Gasteiger partial charge in [0.25, 0.3) is 0 Å². The van der Waals surface area contributed by atoms with Gasteiger partial charge in [-0.2, -0.15) is 0 Å². The van der Waals surface area contributed by atoms with Crippen molar-refractivity contribution in [2.24, 2.45) is 5.41 Å². The third kappa shape index (κ3) is 7.59. The first-order valence-electron chi connectivity index (χ1n) is 14.4. The Bertz CT molecular complexity index is 1490. The average Bonchev–Trinajstić information content (AvgIpc) is 3.69. The second-order valence-corrected chi connectivity index (χ2v) is 11.4. The van der Waals surface area contributed by atoms with Crippen LogP contribution in [0.25, 0.3) is 10.9 Å². The van der Waals surface area contributed by atoms with Crippen molar-refractivity contribution in [2.45, 2.75) is 31.5 Å². The van der Waals surface area contributed by atoms with E-state index in [1.165, 1.54) is 13.3 Å². The molecule has 13 heteroatoms. The lowest BCUT2D eigenvalue weighted by atomic mass is 10.1. The predicted octanol–water partition coefficient (Wildman–Crippen LogP) is 2.27. The Balaban J connectivity index is 1.18. The van der Waals surface area contributed by atoms with Crippen LogP contribution in [-0.4, -0.2) is 109 Å². The number of nitrogens with one attached hydrogen (secondary N) is 1. The molecule has 3 aromatic rings. The third-order valence-electron chi connectivity index (χ3n) is 7.53. The number of hydrogen-bond acceptors (Lipinski definition) is 12. The van der Waals surface area contributed by atoms with E-state index in [4.69, 9.17) is 18.9 Å². The van der Waals surface area contributed by atoms with Crippen LogP contribution in [-0.2, 0) is 19.1 Å². The van der Waals surface area contributed by atoms with Gasteiger partial charge >= 0.3 is 5.97 Å². The zero-order valence-electron chi connectivity index (χ0n) is 25.0. The van der Waals surface area contributed by atoms with Crippen LogP contribution in [0.1, 0.15) is 19.3 Å². The number of likely N-dealkylation sites (N-methyl/N-ethyl adjacent to an activating group) is 1. The summed E-state index contributed by atoms with van der Waals surface area (Å²) in [4.78, 5) is 47.9. The van der Waals surface area contributed by atoms with Crippen LogP contribution in [0.5, 0.6) is 23.0 Å². The lowest BCUT2D eigenvalue weighted by molar-refractivity contribution is -0.149. The van der Waals surface area contributed by atoms with Gasteiger partial charge in [0.05, 0.1) is 25.4 Å². The number of benzene rings is 1. The molecule has 2 unspecified atom stereocenters. The molecule has 2 fully saturated rings. The molecule has 3 heterocycles. The minimum atomic E-state index is -0.923. The molecule has 1 saturated heterocycles. The number of esters is 1. The number of β-amino-alcohol motifs (C(OH)–C–C–N with tert-alkyl or cyclic N) is 1. The maximum atomic E-state index is 12.3. The molecule has 5 rings (SSSR count). The van der Waals surface area contributed by atoms with Crippen LogP contribution >= 0.6 is 0 Å². The summed E-state index contributed by atoms with van der Waals surface area (Å²) in [6.45, 7) is 1.93. The highest BCUT2D eigenvalue weighted by molar-refractivity contribution is 6.06. The van der Waals surface area contributed by atoms with E-state index in [0.29, 0.717) is 71.9 Å². The molecule has 44 heavy (non-hydrogen) atoms. The normalized spacial score (nSPS) is 18.1. The number of nitrogens with zero attached hydrogens (tertiary/aromatic N) is 4. The molecule has 2 atom stereocenters. The van der Waals surface area contributed by atoms with E-state index in [0.717, 1.165) is 13.0 Å². The van der Waals surface area contributed by atoms with Gasteiger partial charge in [-0.1, -0.05) is 0 Å². The van der Waals surface area contributed by atoms with Crippen LogP contribution < -0.4 is 19.5 Å². The first kappa shape index (κ1) is 31.1. The molecular formula is C31H37N5O8. The molecule has 234 valence electrons. The number of carbonyl (C=O) groups is 3. The van der Waals surface area contributed by atoms with Gasteiger partial charge in [0.2, 0.25) is 5.91 Å². The molecule has 1 saturated carbocycles. The lowest BCUT2D eigenvalue weighted by Gasteiger charge is -2.21. The number of anilines is 1. The average molecular weight is 608 g/mol. The van der Waals surface area contributed by atoms with Gasteiger partial charge < -0.3 is 34.2 Å². The van der Waals surface area contributed by atoms with E-state index in [1.807, 2.05) is 14.1 Å². The molecule has 0 bridgehead atoms. The number of aliphatic hydroxyl groups is 1. The number of pyridine rings is 2. The first-order valence-corrected chi connectivity index (χ1v) is 14.4. The summed E-state index contributed by atoms with van der Waals surface area (Å²) in [5.41, 5.74) is -0.330. The highest BCUT2D eigenvalue weighted by atomic mass is 16.5. The highest BCUT2D eigenvalue weighted by Crippen LogP contribution is 2.44. The minimum Gasteiger partial charge on any atom is -0.493 e. The number of aldehydes is 1. The van der Waals surface area contributed by atoms with E-state index in [-0.39, 0.29) is 31.1 Å². The maximum absolute atomic E-state index is 12.3. The van der Waals surface area contributed by atoms with Crippen molar-refractivity contribution in [1.29, 1.82) is 0 Å². The fraction of sp³-hybridized carbons (Fsp3) is 0.452. The number of hydrogen-bond donors (Lipinski definition) is 2. The molecule has 1 aliphatic carbocycles. The van der Waals surface area contributed by atoms with Gasteiger partial charge in [-0.3, -0.25) is 24.4 Å². The molecule has 2 aliphatic rings. The maximum Gasteiger partial charge on any atom is 0.320 e. The summed E-state index contributed by atoms with van der Waals surface area (Å²) in [6.07, 6.45) is 4.64. The molecular weight excluding hydrogens is 570 g/mol. The van der Waals surface area contributed by atoms with Crippen LogP contribution in [0.3, 0.4) is 0 Å². The zero-order valence-corrected chi connectivity index (χ0v) is 25.0. The number of aliphatic hydroxyl groups excluding tert-OH is 1. The second-order valence-electron chi connectivity index (χ2n) is 11.4. The Morgan fingerprint density at radius 1 is 1.18 bits per heavy atom.